The summed E-state index contributed by atoms with van der Waals surface area (Å²) in [5.41, 5.74) is 0.960. The molecular weight excluding hydrogens is 204 g/mol. The first-order valence-electron chi connectivity index (χ1n) is 5.86. The molecule has 0 bridgehead atoms. The molecular formula is C12H18N2O2. The summed E-state index contributed by atoms with van der Waals surface area (Å²) in [6.45, 7) is 6.47. The number of piperidine rings is 1. The Morgan fingerprint density at radius 3 is 3.06 bits per heavy atom. The lowest BCUT2D eigenvalue weighted by molar-refractivity contribution is -0.126. The number of nitrogens with zero attached hydrogens (tertiary/aromatic N) is 2. The van der Waals surface area contributed by atoms with Gasteiger partial charge in [0.2, 0.25) is 0 Å². The van der Waals surface area contributed by atoms with Crippen LogP contribution in [0.25, 0.3) is 0 Å². The molecule has 1 aliphatic heterocycles. The van der Waals surface area contributed by atoms with E-state index in [1.165, 1.54) is 0 Å². The highest BCUT2D eigenvalue weighted by molar-refractivity contribution is 5.82. The Morgan fingerprint density at radius 1 is 1.62 bits per heavy atom. The largest absolute Gasteiger partial charge is 0.361 e. The van der Waals surface area contributed by atoms with Crippen molar-refractivity contribution in [1.29, 1.82) is 0 Å². The fraction of sp³-hybridized carbons (Fsp3) is 0.667. The van der Waals surface area contributed by atoms with Crippen molar-refractivity contribution in [2.45, 2.75) is 33.2 Å². The summed E-state index contributed by atoms with van der Waals surface area (Å²) in [5, 5.41) is 3.98. The lowest BCUT2D eigenvalue weighted by Gasteiger charge is -2.30. The summed E-state index contributed by atoms with van der Waals surface area (Å²) in [6, 6.07) is 1.96. The van der Waals surface area contributed by atoms with Gasteiger partial charge in [0.25, 0.3) is 0 Å². The number of aryl methyl sites for hydroxylation is 1. The van der Waals surface area contributed by atoms with Gasteiger partial charge in [0.05, 0.1) is 5.69 Å². The van der Waals surface area contributed by atoms with Crippen LogP contribution in [0.5, 0.6) is 0 Å². The molecule has 16 heavy (non-hydrogen) atoms. The van der Waals surface area contributed by atoms with Crippen LogP contribution in [-0.2, 0) is 11.3 Å². The summed E-state index contributed by atoms with van der Waals surface area (Å²) >= 11 is 0. The first-order valence-corrected chi connectivity index (χ1v) is 5.86. The van der Waals surface area contributed by atoms with Gasteiger partial charge in [0.1, 0.15) is 11.5 Å². The quantitative estimate of drug-likeness (QED) is 0.782. The number of carbonyl (C=O) groups excluding carboxylic acids is 1. The van der Waals surface area contributed by atoms with E-state index < -0.39 is 0 Å². The molecule has 1 fully saturated rings. The second-order valence-corrected chi connectivity index (χ2v) is 4.49. The van der Waals surface area contributed by atoms with E-state index in [1.54, 1.807) is 0 Å². The van der Waals surface area contributed by atoms with Crippen molar-refractivity contribution in [3.63, 3.8) is 0 Å². The Hall–Kier alpha value is -1.16. The fourth-order valence-corrected chi connectivity index (χ4v) is 2.20. The second kappa shape index (κ2) is 4.78. The molecule has 1 aromatic rings. The molecule has 0 N–H and O–H groups in total. The van der Waals surface area contributed by atoms with E-state index >= 15 is 0 Å². The molecule has 1 atom stereocenters. The van der Waals surface area contributed by atoms with E-state index in [1.807, 2.05) is 13.0 Å². The number of aromatic nitrogens is 1. The van der Waals surface area contributed by atoms with E-state index in [-0.39, 0.29) is 5.92 Å². The lowest BCUT2D eigenvalue weighted by atomic mass is 9.94. The fourth-order valence-electron chi connectivity index (χ4n) is 2.20. The van der Waals surface area contributed by atoms with Gasteiger partial charge in [-0.2, -0.15) is 0 Å². The van der Waals surface area contributed by atoms with E-state index in [0.717, 1.165) is 37.5 Å². The van der Waals surface area contributed by atoms with Crippen molar-refractivity contribution in [2.24, 2.45) is 5.92 Å². The number of Topliss-reactive ketones (excluding diaryl/α,β-unsaturated/α-hetero) is 1. The SMILES string of the molecule is CCC1CN(Cc2cc(C)on2)CCC1=O. The Kier molecular flexibility index (Phi) is 3.39. The highest BCUT2D eigenvalue weighted by Crippen LogP contribution is 2.18. The van der Waals surface area contributed by atoms with Crippen LogP contribution in [0.4, 0.5) is 0 Å². The van der Waals surface area contributed by atoms with E-state index in [9.17, 15) is 4.79 Å². The number of hydrogen-bond acceptors (Lipinski definition) is 4. The molecule has 0 amide bonds. The van der Waals surface area contributed by atoms with Gasteiger partial charge in [0, 0.05) is 38.0 Å². The topological polar surface area (TPSA) is 46.3 Å². The number of likely N-dealkylation sites (tertiary alicyclic amines) is 1. The van der Waals surface area contributed by atoms with Gasteiger partial charge in [-0.1, -0.05) is 12.1 Å². The zero-order valence-electron chi connectivity index (χ0n) is 9.90. The van der Waals surface area contributed by atoms with Crippen LogP contribution in [0.2, 0.25) is 0 Å². The average molecular weight is 222 g/mol. The van der Waals surface area contributed by atoms with Crippen LogP contribution >= 0.6 is 0 Å². The summed E-state index contributed by atoms with van der Waals surface area (Å²) < 4.78 is 5.04. The van der Waals surface area contributed by atoms with Gasteiger partial charge >= 0.3 is 0 Å². The van der Waals surface area contributed by atoms with Crippen LogP contribution in [0, 0.1) is 12.8 Å². The molecule has 1 aliphatic rings. The van der Waals surface area contributed by atoms with Crippen molar-refractivity contribution < 1.29 is 9.32 Å². The third-order valence-electron chi connectivity index (χ3n) is 3.16. The third-order valence-corrected chi connectivity index (χ3v) is 3.16. The predicted octanol–water partition coefficient (Wildman–Crippen LogP) is 1.78. The maximum atomic E-state index is 11.6. The molecule has 0 spiro atoms. The van der Waals surface area contributed by atoms with Crippen molar-refractivity contribution in [1.82, 2.24) is 10.1 Å². The number of carbonyl (C=O) groups is 1. The van der Waals surface area contributed by atoms with Gasteiger partial charge in [-0.25, -0.2) is 0 Å². The smallest absolute Gasteiger partial charge is 0.138 e. The minimum atomic E-state index is 0.210. The maximum Gasteiger partial charge on any atom is 0.138 e. The third kappa shape index (κ3) is 2.50. The molecule has 4 nitrogen and oxygen atoms in total. The predicted molar refractivity (Wildman–Crippen MR) is 59.9 cm³/mol. The van der Waals surface area contributed by atoms with E-state index in [4.69, 9.17) is 4.52 Å². The molecule has 1 saturated heterocycles. The van der Waals surface area contributed by atoms with Gasteiger partial charge in [-0.05, 0) is 13.3 Å². The lowest BCUT2D eigenvalue weighted by Crippen LogP contribution is -2.40. The number of ketones is 1. The molecule has 0 aliphatic carbocycles. The van der Waals surface area contributed by atoms with Crippen molar-refractivity contribution in [2.75, 3.05) is 13.1 Å². The summed E-state index contributed by atoms with van der Waals surface area (Å²) in [7, 11) is 0. The summed E-state index contributed by atoms with van der Waals surface area (Å²) in [6.07, 6.45) is 1.61. The molecule has 0 radical (unpaired) electrons. The highest BCUT2D eigenvalue weighted by atomic mass is 16.5. The standard InChI is InChI=1S/C12H18N2O2/c1-3-10-7-14(5-4-12(10)15)8-11-6-9(2)16-13-11/h6,10H,3-5,7-8H2,1-2H3. The number of rotatable bonds is 3. The van der Waals surface area contributed by atoms with Crippen LogP contribution < -0.4 is 0 Å². The van der Waals surface area contributed by atoms with Crippen LogP contribution in [0.15, 0.2) is 10.6 Å². The summed E-state index contributed by atoms with van der Waals surface area (Å²) in [5.74, 6) is 1.46. The zero-order valence-corrected chi connectivity index (χ0v) is 9.90. The molecule has 1 aromatic heterocycles. The normalized spacial score (nSPS) is 22.6. The van der Waals surface area contributed by atoms with Crippen molar-refractivity contribution in [3.05, 3.63) is 17.5 Å². The van der Waals surface area contributed by atoms with Crippen LogP contribution in [-0.4, -0.2) is 28.9 Å². The second-order valence-electron chi connectivity index (χ2n) is 4.49. The Labute approximate surface area is 95.6 Å². The first-order chi connectivity index (χ1) is 7.69. The first kappa shape index (κ1) is 11.3. The van der Waals surface area contributed by atoms with Gasteiger partial charge in [-0.3, -0.25) is 9.69 Å². The molecule has 0 saturated carbocycles. The average Bonchev–Trinajstić information content (AvgIpc) is 2.67. The van der Waals surface area contributed by atoms with Crippen molar-refractivity contribution in [3.8, 4) is 0 Å². The molecule has 1 unspecified atom stereocenters. The van der Waals surface area contributed by atoms with Gasteiger partial charge in [-0.15, -0.1) is 0 Å². The zero-order chi connectivity index (χ0) is 11.5. The monoisotopic (exact) mass is 222 g/mol. The Balaban J connectivity index is 1.93. The van der Waals surface area contributed by atoms with Crippen LogP contribution in [0.3, 0.4) is 0 Å². The minimum absolute atomic E-state index is 0.210. The summed E-state index contributed by atoms with van der Waals surface area (Å²) in [4.78, 5) is 13.9. The van der Waals surface area contributed by atoms with Gasteiger partial charge < -0.3 is 4.52 Å². The van der Waals surface area contributed by atoms with Crippen LogP contribution in [0.1, 0.15) is 31.2 Å². The van der Waals surface area contributed by atoms with Gasteiger partial charge in [0.15, 0.2) is 0 Å². The Morgan fingerprint density at radius 2 is 2.44 bits per heavy atom. The number of hydrogen-bond donors (Lipinski definition) is 0. The molecule has 88 valence electrons. The molecule has 0 aromatic carbocycles. The van der Waals surface area contributed by atoms with Crippen molar-refractivity contribution >= 4 is 5.78 Å². The molecule has 2 heterocycles. The Bertz CT molecular complexity index is 373. The molecule has 2 rings (SSSR count). The van der Waals surface area contributed by atoms with E-state index in [0.29, 0.717) is 12.2 Å². The maximum absolute atomic E-state index is 11.6. The highest BCUT2D eigenvalue weighted by Gasteiger charge is 2.25. The van der Waals surface area contributed by atoms with E-state index in [2.05, 4.69) is 17.0 Å². The minimum Gasteiger partial charge on any atom is -0.361 e. The molecule has 4 heteroatoms.